The van der Waals surface area contributed by atoms with E-state index in [4.69, 9.17) is 10.5 Å². The SMILES string of the molecule is CCc1c(N2C[C@@H](C)O[C@@H](C)C2)ccc(NCCCCCN)c1F. The van der Waals surface area contributed by atoms with Crippen molar-refractivity contribution in [2.45, 2.75) is 58.7 Å². The number of nitrogens with two attached hydrogens (primary N) is 1. The molecule has 3 N–H and O–H groups in total. The van der Waals surface area contributed by atoms with Gasteiger partial charge in [0, 0.05) is 30.9 Å². The molecule has 1 aromatic rings. The number of morpholine rings is 1. The van der Waals surface area contributed by atoms with E-state index in [1.807, 2.05) is 13.0 Å². The number of hydrogen-bond acceptors (Lipinski definition) is 4. The predicted octanol–water partition coefficient (Wildman–Crippen LogP) is 3.54. The second-order valence-corrected chi connectivity index (χ2v) is 6.72. The third-order valence-electron chi connectivity index (χ3n) is 4.53. The smallest absolute Gasteiger partial charge is 0.151 e. The van der Waals surface area contributed by atoms with E-state index in [1.54, 1.807) is 0 Å². The van der Waals surface area contributed by atoms with Gasteiger partial charge in [-0.3, -0.25) is 0 Å². The average molecular weight is 337 g/mol. The molecule has 24 heavy (non-hydrogen) atoms. The van der Waals surface area contributed by atoms with Gasteiger partial charge in [0.05, 0.1) is 17.9 Å². The Balaban J connectivity index is 2.09. The largest absolute Gasteiger partial charge is 0.383 e. The molecule has 1 heterocycles. The number of anilines is 2. The summed E-state index contributed by atoms with van der Waals surface area (Å²) >= 11 is 0. The lowest BCUT2D eigenvalue weighted by Gasteiger charge is -2.38. The number of halogens is 1. The minimum Gasteiger partial charge on any atom is -0.383 e. The Labute approximate surface area is 145 Å². The molecule has 1 aliphatic rings. The van der Waals surface area contributed by atoms with Crippen LogP contribution in [0, 0.1) is 5.82 Å². The summed E-state index contributed by atoms with van der Waals surface area (Å²) in [7, 11) is 0. The van der Waals surface area contributed by atoms with E-state index in [2.05, 4.69) is 30.1 Å². The van der Waals surface area contributed by atoms with E-state index in [0.717, 1.165) is 56.7 Å². The van der Waals surface area contributed by atoms with Crippen LogP contribution in [0.4, 0.5) is 15.8 Å². The quantitative estimate of drug-likeness (QED) is 0.713. The molecular formula is C19H32FN3O. The van der Waals surface area contributed by atoms with E-state index in [9.17, 15) is 4.39 Å². The maximum absolute atomic E-state index is 14.9. The molecule has 2 atom stereocenters. The summed E-state index contributed by atoms with van der Waals surface area (Å²) < 4.78 is 20.7. The minimum atomic E-state index is -0.111. The Bertz CT molecular complexity index is 514. The molecule has 1 aromatic carbocycles. The number of nitrogens with zero attached hydrogens (tertiary/aromatic N) is 1. The third kappa shape index (κ3) is 4.84. The van der Waals surface area contributed by atoms with E-state index < -0.39 is 0 Å². The normalized spacial score (nSPS) is 21.1. The number of unbranched alkanes of at least 4 members (excludes halogenated alkanes) is 2. The van der Waals surface area contributed by atoms with Crippen molar-refractivity contribution in [2.24, 2.45) is 5.73 Å². The Morgan fingerprint density at radius 3 is 2.54 bits per heavy atom. The lowest BCUT2D eigenvalue weighted by Crippen LogP contribution is -2.45. The van der Waals surface area contributed by atoms with Gasteiger partial charge >= 0.3 is 0 Å². The van der Waals surface area contributed by atoms with E-state index in [-0.39, 0.29) is 18.0 Å². The number of ether oxygens (including phenoxy) is 1. The first-order chi connectivity index (χ1) is 11.6. The summed E-state index contributed by atoms with van der Waals surface area (Å²) in [5, 5.41) is 3.24. The number of rotatable bonds is 8. The Hall–Kier alpha value is -1.33. The van der Waals surface area contributed by atoms with E-state index in [0.29, 0.717) is 12.1 Å². The van der Waals surface area contributed by atoms with Crippen molar-refractivity contribution < 1.29 is 9.13 Å². The molecule has 0 spiro atoms. The molecule has 0 aromatic heterocycles. The highest BCUT2D eigenvalue weighted by Gasteiger charge is 2.25. The highest BCUT2D eigenvalue weighted by atomic mass is 19.1. The van der Waals surface area contributed by atoms with Crippen LogP contribution in [0.25, 0.3) is 0 Å². The molecule has 0 unspecified atom stereocenters. The second kappa shape index (κ2) is 9.23. The Kier molecular flexibility index (Phi) is 7.31. The highest BCUT2D eigenvalue weighted by molar-refractivity contribution is 5.62. The maximum atomic E-state index is 14.9. The fourth-order valence-corrected chi connectivity index (χ4v) is 3.42. The summed E-state index contributed by atoms with van der Waals surface area (Å²) in [5.41, 5.74) is 7.91. The molecule has 136 valence electrons. The van der Waals surface area contributed by atoms with Gasteiger partial charge in [-0.1, -0.05) is 13.3 Å². The highest BCUT2D eigenvalue weighted by Crippen LogP contribution is 2.31. The first-order valence-corrected chi connectivity index (χ1v) is 9.22. The van der Waals surface area contributed by atoms with Crippen molar-refractivity contribution in [3.63, 3.8) is 0 Å². The minimum absolute atomic E-state index is 0.111. The van der Waals surface area contributed by atoms with Crippen LogP contribution in [0.5, 0.6) is 0 Å². The first kappa shape index (κ1) is 19.0. The van der Waals surface area contributed by atoms with Crippen LogP contribution >= 0.6 is 0 Å². The standard InChI is InChI=1S/C19H32FN3O/c1-4-16-18(23-12-14(2)24-15(3)13-23)9-8-17(19(16)20)22-11-7-5-6-10-21/h8-9,14-15,22H,4-7,10-13,21H2,1-3H3/t14-,15+. The van der Waals surface area contributed by atoms with Crippen LogP contribution in [0.15, 0.2) is 12.1 Å². The Morgan fingerprint density at radius 1 is 1.21 bits per heavy atom. The maximum Gasteiger partial charge on any atom is 0.151 e. The van der Waals surface area contributed by atoms with Crippen molar-refractivity contribution in [2.75, 3.05) is 36.4 Å². The van der Waals surface area contributed by atoms with E-state index in [1.165, 1.54) is 0 Å². The van der Waals surface area contributed by atoms with Crippen LogP contribution in [0.1, 0.15) is 45.6 Å². The number of benzene rings is 1. The molecule has 5 heteroatoms. The van der Waals surface area contributed by atoms with Crippen LogP contribution < -0.4 is 16.0 Å². The molecule has 0 aliphatic carbocycles. The van der Waals surface area contributed by atoms with Crippen LogP contribution in [-0.4, -0.2) is 38.4 Å². The molecule has 0 saturated carbocycles. The van der Waals surface area contributed by atoms with Crippen LogP contribution in [-0.2, 0) is 11.2 Å². The van der Waals surface area contributed by atoms with Gasteiger partial charge in [-0.15, -0.1) is 0 Å². The molecule has 1 fully saturated rings. The van der Waals surface area contributed by atoms with Gasteiger partial charge < -0.3 is 20.7 Å². The zero-order valence-corrected chi connectivity index (χ0v) is 15.3. The summed E-state index contributed by atoms with van der Waals surface area (Å²) in [6.45, 7) is 9.28. The third-order valence-corrected chi connectivity index (χ3v) is 4.53. The van der Waals surface area contributed by atoms with Crippen molar-refractivity contribution >= 4 is 11.4 Å². The summed E-state index contributed by atoms with van der Waals surface area (Å²) in [4.78, 5) is 2.26. The lowest BCUT2D eigenvalue weighted by atomic mass is 10.1. The van der Waals surface area contributed by atoms with Gasteiger partial charge in [-0.2, -0.15) is 0 Å². The summed E-state index contributed by atoms with van der Waals surface area (Å²) in [6, 6.07) is 3.92. The molecule has 0 radical (unpaired) electrons. The van der Waals surface area contributed by atoms with Crippen molar-refractivity contribution in [3.05, 3.63) is 23.5 Å². The molecule has 1 aliphatic heterocycles. The summed E-state index contributed by atoms with van der Waals surface area (Å²) in [5.74, 6) is -0.111. The van der Waals surface area contributed by atoms with Gasteiger partial charge in [0.25, 0.3) is 0 Å². The second-order valence-electron chi connectivity index (χ2n) is 6.72. The zero-order valence-electron chi connectivity index (χ0n) is 15.3. The van der Waals surface area contributed by atoms with Gasteiger partial charge in [0.15, 0.2) is 5.82 Å². The van der Waals surface area contributed by atoms with Gasteiger partial charge in [0.2, 0.25) is 0 Å². The van der Waals surface area contributed by atoms with Crippen LogP contribution in [0.3, 0.4) is 0 Å². The lowest BCUT2D eigenvalue weighted by molar-refractivity contribution is -0.00527. The zero-order chi connectivity index (χ0) is 17.5. The molecule has 4 nitrogen and oxygen atoms in total. The van der Waals surface area contributed by atoms with Crippen LogP contribution in [0.2, 0.25) is 0 Å². The predicted molar refractivity (Wildman–Crippen MR) is 99.4 cm³/mol. The van der Waals surface area contributed by atoms with Gasteiger partial charge in [-0.25, -0.2) is 4.39 Å². The number of hydrogen-bond donors (Lipinski definition) is 2. The van der Waals surface area contributed by atoms with Crippen molar-refractivity contribution in [1.29, 1.82) is 0 Å². The number of nitrogens with one attached hydrogen (secondary N) is 1. The van der Waals surface area contributed by atoms with Crippen molar-refractivity contribution in [3.8, 4) is 0 Å². The topological polar surface area (TPSA) is 50.5 Å². The van der Waals surface area contributed by atoms with Gasteiger partial charge in [0.1, 0.15) is 0 Å². The first-order valence-electron chi connectivity index (χ1n) is 9.22. The molecule has 1 saturated heterocycles. The fourth-order valence-electron chi connectivity index (χ4n) is 3.42. The van der Waals surface area contributed by atoms with Gasteiger partial charge in [-0.05, 0) is 51.8 Å². The monoisotopic (exact) mass is 337 g/mol. The van der Waals surface area contributed by atoms with E-state index >= 15 is 0 Å². The fraction of sp³-hybridized carbons (Fsp3) is 0.684. The average Bonchev–Trinajstić information content (AvgIpc) is 2.54. The molecule has 2 rings (SSSR count). The molecule has 0 amide bonds. The molecular weight excluding hydrogens is 305 g/mol. The molecule has 0 bridgehead atoms. The Morgan fingerprint density at radius 2 is 1.92 bits per heavy atom. The summed E-state index contributed by atoms with van der Waals surface area (Å²) in [6.07, 6.45) is 4.13. The van der Waals surface area contributed by atoms with Crippen molar-refractivity contribution in [1.82, 2.24) is 0 Å².